The SMILES string of the molecule is CC(C)(C)SC1CNC(c2ccccc2)C1. The van der Waals surface area contributed by atoms with Crippen LogP contribution in [0.15, 0.2) is 30.3 Å². The number of hydrogen-bond donors (Lipinski definition) is 1. The van der Waals surface area contributed by atoms with E-state index < -0.39 is 0 Å². The molecule has 1 aliphatic rings. The molecule has 2 heteroatoms. The van der Waals surface area contributed by atoms with E-state index in [9.17, 15) is 0 Å². The third-order valence-electron chi connectivity index (χ3n) is 2.81. The predicted octanol–water partition coefficient (Wildman–Crippen LogP) is 3.62. The van der Waals surface area contributed by atoms with Gasteiger partial charge in [0, 0.05) is 22.6 Å². The van der Waals surface area contributed by atoms with Crippen LogP contribution in [-0.4, -0.2) is 16.5 Å². The van der Waals surface area contributed by atoms with E-state index in [0.29, 0.717) is 10.8 Å². The predicted molar refractivity (Wildman–Crippen MR) is 72.9 cm³/mol. The molecule has 88 valence electrons. The molecule has 0 spiro atoms. The van der Waals surface area contributed by atoms with Gasteiger partial charge >= 0.3 is 0 Å². The summed E-state index contributed by atoms with van der Waals surface area (Å²) in [6.07, 6.45) is 1.26. The molecule has 2 unspecified atom stereocenters. The Morgan fingerprint density at radius 2 is 1.88 bits per heavy atom. The van der Waals surface area contributed by atoms with Crippen molar-refractivity contribution < 1.29 is 0 Å². The van der Waals surface area contributed by atoms with Gasteiger partial charge in [-0.25, -0.2) is 0 Å². The van der Waals surface area contributed by atoms with Gasteiger partial charge in [0.25, 0.3) is 0 Å². The van der Waals surface area contributed by atoms with E-state index in [-0.39, 0.29) is 0 Å². The molecule has 0 aromatic heterocycles. The van der Waals surface area contributed by atoms with Gasteiger partial charge in [-0.05, 0) is 12.0 Å². The molecule has 1 nitrogen and oxygen atoms in total. The Balaban J connectivity index is 1.94. The summed E-state index contributed by atoms with van der Waals surface area (Å²) >= 11 is 2.10. The number of hydrogen-bond acceptors (Lipinski definition) is 2. The van der Waals surface area contributed by atoms with Crippen LogP contribution in [0, 0.1) is 0 Å². The van der Waals surface area contributed by atoms with Crippen molar-refractivity contribution in [2.45, 2.75) is 43.2 Å². The van der Waals surface area contributed by atoms with Crippen LogP contribution < -0.4 is 5.32 Å². The molecule has 0 amide bonds. The highest BCUT2D eigenvalue weighted by atomic mass is 32.2. The van der Waals surface area contributed by atoms with Crippen LogP contribution in [0.25, 0.3) is 0 Å². The van der Waals surface area contributed by atoms with Gasteiger partial charge in [-0.1, -0.05) is 51.1 Å². The number of thioether (sulfide) groups is 1. The summed E-state index contributed by atoms with van der Waals surface area (Å²) in [5.41, 5.74) is 1.43. The molecule has 1 aliphatic heterocycles. The highest BCUT2D eigenvalue weighted by Crippen LogP contribution is 2.36. The number of rotatable bonds is 2. The van der Waals surface area contributed by atoms with Crippen LogP contribution in [0.1, 0.15) is 38.8 Å². The maximum atomic E-state index is 3.62. The van der Waals surface area contributed by atoms with Crippen molar-refractivity contribution in [3.8, 4) is 0 Å². The highest BCUT2D eigenvalue weighted by Gasteiger charge is 2.28. The topological polar surface area (TPSA) is 12.0 Å². The zero-order chi connectivity index (χ0) is 11.6. The largest absolute Gasteiger partial charge is 0.309 e. The fourth-order valence-corrected chi connectivity index (χ4v) is 3.70. The van der Waals surface area contributed by atoms with Crippen molar-refractivity contribution in [2.75, 3.05) is 6.54 Å². The molecule has 1 aromatic rings. The Kier molecular flexibility index (Phi) is 3.60. The van der Waals surface area contributed by atoms with E-state index in [0.717, 1.165) is 11.8 Å². The second-order valence-electron chi connectivity index (χ2n) is 5.46. The van der Waals surface area contributed by atoms with Crippen LogP contribution >= 0.6 is 11.8 Å². The van der Waals surface area contributed by atoms with E-state index in [2.05, 4.69) is 68.2 Å². The third-order valence-corrected chi connectivity index (χ3v) is 4.21. The smallest absolute Gasteiger partial charge is 0.0331 e. The molecule has 1 heterocycles. The Bertz CT molecular complexity index is 328. The summed E-state index contributed by atoms with van der Waals surface area (Å²) < 4.78 is 0.373. The maximum absolute atomic E-state index is 3.62. The number of benzene rings is 1. The normalized spacial score (nSPS) is 25.9. The molecule has 16 heavy (non-hydrogen) atoms. The van der Waals surface area contributed by atoms with E-state index in [4.69, 9.17) is 0 Å². The van der Waals surface area contributed by atoms with Gasteiger partial charge in [0.15, 0.2) is 0 Å². The summed E-state index contributed by atoms with van der Waals surface area (Å²) in [6, 6.07) is 11.3. The minimum absolute atomic E-state index is 0.373. The molecule has 0 bridgehead atoms. The van der Waals surface area contributed by atoms with Gasteiger partial charge in [-0.2, -0.15) is 11.8 Å². The molecule has 2 atom stereocenters. The van der Waals surface area contributed by atoms with Crippen LogP contribution in [0.3, 0.4) is 0 Å². The Labute approximate surface area is 103 Å². The molecule has 0 aliphatic carbocycles. The van der Waals surface area contributed by atoms with E-state index >= 15 is 0 Å². The second-order valence-corrected chi connectivity index (χ2v) is 7.59. The molecular formula is C14H21NS. The lowest BCUT2D eigenvalue weighted by Crippen LogP contribution is -2.18. The second kappa shape index (κ2) is 4.80. The summed E-state index contributed by atoms with van der Waals surface area (Å²) in [6.45, 7) is 8.04. The molecule has 2 rings (SSSR count). The molecule has 0 saturated carbocycles. The van der Waals surface area contributed by atoms with E-state index in [1.54, 1.807) is 0 Å². The Hall–Kier alpha value is -0.470. The zero-order valence-corrected chi connectivity index (χ0v) is 11.2. The lowest BCUT2D eigenvalue weighted by molar-refractivity contribution is 0.648. The van der Waals surface area contributed by atoms with Crippen LogP contribution in [0.2, 0.25) is 0 Å². The van der Waals surface area contributed by atoms with Crippen LogP contribution in [0.5, 0.6) is 0 Å². The van der Waals surface area contributed by atoms with Crippen LogP contribution in [-0.2, 0) is 0 Å². The lowest BCUT2D eigenvalue weighted by Gasteiger charge is -2.22. The van der Waals surface area contributed by atoms with Crippen LogP contribution in [0.4, 0.5) is 0 Å². The highest BCUT2D eigenvalue weighted by molar-refractivity contribution is 8.01. The average molecular weight is 235 g/mol. The zero-order valence-electron chi connectivity index (χ0n) is 10.4. The van der Waals surface area contributed by atoms with Crippen molar-refractivity contribution in [3.63, 3.8) is 0 Å². The monoisotopic (exact) mass is 235 g/mol. The number of nitrogens with one attached hydrogen (secondary N) is 1. The van der Waals surface area contributed by atoms with Gasteiger partial charge in [-0.15, -0.1) is 0 Å². The first-order valence-electron chi connectivity index (χ1n) is 6.01. The summed E-state index contributed by atoms with van der Waals surface area (Å²) in [7, 11) is 0. The van der Waals surface area contributed by atoms with Gasteiger partial charge in [0.05, 0.1) is 0 Å². The first kappa shape index (κ1) is 12.0. The minimum atomic E-state index is 0.373. The van der Waals surface area contributed by atoms with Crippen molar-refractivity contribution in [1.29, 1.82) is 0 Å². The maximum Gasteiger partial charge on any atom is 0.0331 e. The molecule has 1 fully saturated rings. The van der Waals surface area contributed by atoms with Crippen molar-refractivity contribution in [2.24, 2.45) is 0 Å². The summed E-state index contributed by atoms with van der Waals surface area (Å²) in [5.74, 6) is 0. The van der Waals surface area contributed by atoms with Gasteiger partial charge in [0.1, 0.15) is 0 Å². The first-order valence-corrected chi connectivity index (χ1v) is 6.89. The summed E-state index contributed by atoms with van der Waals surface area (Å²) in [4.78, 5) is 0. The van der Waals surface area contributed by atoms with E-state index in [1.807, 2.05) is 0 Å². The van der Waals surface area contributed by atoms with Crippen molar-refractivity contribution in [3.05, 3.63) is 35.9 Å². The quantitative estimate of drug-likeness (QED) is 0.840. The third kappa shape index (κ3) is 3.26. The molecular weight excluding hydrogens is 214 g/mol. The molecule has 1 saturated heterocycles. The summed E-state index contributed by atoms with van der Waals surface area (Å²) in [5, 5.41) is 4.38. The minimum Gasteiger partial charge on any atom is -0.309 e. The van der Waals surface area contributed by atoms with Crippen molar-refractivity contribution >= 4 is 11.8 Å². The fourth-order valence-electron chi connectivity index (χ4n) is 2.23. The van der Waals surface area contributed by atoms with Gasteiger partial charge in [0.2, 0.25) is 0 Å². The standard InChI is InChI=1S/C14H21NS/c1-14(2,3)16-12-9-13(15-10-12)11-7-5-4-6-8-11/h4-8,12-13,15H,9-10H2,1-3H3. The average Bonchev–Trinajstić information content (AvgIpc) is 2.65. The molecule has 1 N–H and O–H groups in total. The van der Waals surface area contributed by atoms with Crippen molar-refractivity contribution in [1.82, 2.24) is 5.32 Å². The first-order chi connectivity index (χ1) is 7.54. The Morgan fingerprint density at radius 3 is 2.50 bits per heavy atom. The molecule has 1 aromatic carbocycles. The molecule has 0 radical (unpaired) electrons. The Morgan fingerprint density at radius 1 is 1.19 bits per heavy atom. The van der Waals surface area contributed by atoms with Gasteiger partial charge in [-0.3, -0.25) is 0 Å². The van der Waals surface area contributed by atoms with E-state index in [1.165, 1.54) is 12.0 Å². The van der Waals surface area contributed by atoms with Gasteiger partial charge < -0.3 is 5.32 Å². The fraction of sp³-hybridized carbons (Fsp3) is 0.571. The lowest BCUT2D eigenvalue weighted by atomic mass is 10.1.